The van der Waals surface area contributed by atoms with Gasteiger partial charge in [-0.15, -0.1) is 11.8 Å². The highest BCUT2D eigenvalue weighted by molar-refractivity contribution is 8.00. The zero-order valence-corrected chi connectivity index (χ0v) is 18.8. The van der Waals surface area contributed by atoms with Crippen LogP contribution in [0, 0.1) is 11.7 Å². The summed E-state index contributed by atoms with van der Waals surface area (Å²) in [5.74, 6) is 1.25. The summed E-state index contributed by atoms with van der Waals surface area (Å²) in [7, 11) is 1.61. The Morgan fingerprint density at radius 3 is 2.77 bits per heavy atom. The maximum Gasteiger partial charge on any atom is 0.252 e. The molecule has 2 N–H and O–H groups in total. The Labute approximate surface area is 185 Å². The van der Waals surface area contributed by atoms with Crippen LogP contribution in [-0.4, -0.2) is 44.5 Å². The lowest BCUT2D eigenvalue weighted by Crippen LogP contribution is -2.38. The summed E-state index contributed by atoms with van der Waals surface area (Å²) in [6.45, 7) is 3.24. The molecule has 0 spiro atoms. The SMILES string of the molecule is COc1ccc(C2SCC(=O)N2n2c(-c3sc(NC(C)=O)nc3C)n[nH]c2=S)cc1. The number of anilines is 1. The van der Waals surface area contributed by atoms with Crippen LogP contribution < -0.4 is 15.1 Å². The van der Waals surface area contributed by atoms with Crippen LogP contribution >= 0.6 is 35.3 Å². The molecule has 1 unspecified atom stereocenters. The van der Waals surface area contributed by atoms with Crippen molar-refractivity contribution in [1.29, 1.82) is 0 Å². The number of benzene rings is 1. The number of rotatable bonds is 5. The van der Waals surface area contributed by atoms with Crippen LogP contribution in [0.3, 0.4) is 0 Å². The van der Waals surface area contributed by atoms with Crippen LogP contribution in [0.15, 0.2) is 24.3 Å². The third-order valence-corrected chi connectivity index (χ3v) is 6.93. The van der Waals surface area contributed by atoms with E-state index < -0.39 is 0 Å². The van der Waals surface area contributed by atoms with Crippen LogP contribution in [0.1, 0.15) is 23.6 Å². The van der Waals surface area contributed by atoms with Crippen LogP contribution in [0.5, 0.6) is 5.75 Å². The van der Waals surface area contributed by atoms with E-state index >= 15 is 0 Å². The van der Waals surface area contributed by atoms with E-state index in [1.54, 1.807) is 16.8 Å². The van der Waals surface area contributed by atoms with E-state index in [0.29, 0.717) is 32.1 Å². The van der Waals surface area contributed by atoms with Crippen molar-refractivity contribution in [2.75, 3.05) is 23.2 Å². The van der Waals surface area contributed by atoms with E-state index in [-0.39, 0.29) is 17.2 Å². The minimum atomic E-state index is -0.269. The number of amides is 2. The fourth-order valence-electron chi connectivity index (χ4n) is 3.09. The number of thiazole rings is 1. The van der Waals surface area contributed by atoms with Crippen molar-refractivity contribution in [2.45, 2.75) is 19.2 Å². The van der Waals surface area contributed by atoms with E-state index in [1.165, 1.54) is 30.0 Å². The topological polar surface area (TPSA) is 105 Å². The highest BCUT2D eigenvalue weighted by atomic mass is 32.2. The van der Waals surface area contributed by atoms with E-state index in [0.717, 1.165) is 11.3 Å². The molecule has 0 radical (unpaired) electrons. The smallest absolute Gasteiger partial charge is 0.252 e. The first-order chi connectivity index (χ1) is 14.4. The lowest BCUT2D eigenvalue weighted by Gasteiger charge is -2.25. The molecule has 30 heavy (non-hydrogen) atoms. The number of carbonyl (C=O) groups is 2. The van der Waals surface area contributed by atoms with E-state index in [1.807, 2.05) is 31.2 Å². The minimum absolute atomic E-state index is 0.0798. The van der Waals surface area contributed by atoms with Gasteiger partial charge in [-0.2, -0.15) is 5.10 Å². The molecule has 2 amide bonds. The van der Waals surface area contributed by atoms with Gasteiger partial charge in [0.15, 0.2) is 11.0 Å². The number of hydrogen-bond donors (Lipinski definition) is 2. The normalized spacial score (nSPS) is 16.2. The van der Waals surface area contributed by atoms with Crippen LogP contribution in [0.2, 0.25) is 0 Å². The van der Waals surface area contributed by atoms with Crippen molar-refractivity contribution in [2.24, 2.45) is 0 Å². The maximum absolute atomic E-state index is 12.9. The zero-order chi connectivity index (χ0) is 21.4. The summed E-state index contributed by atoms with van der Waals surface area (Å²) >= 11 is 8.25. The van der Waals surface area contributed by atoms with Gasteiger partial charge in [0.05, 0.1) is 23.4 Å². The molecule has 1 saturated heterocycles. The van der Waals surface area contributed by atoms with Gasteiger partial charge in [-0.1, -0.05) is 23.5 Å². The molecule has 0 saturated carbocycles. The lowest BCUT2D eigenvalue weighted by molar-refractivity contribution is -0.117. The third kappa shape index (κ3) is 3.73. The summed E-state index contributed by atoms with van der Waals surface area (Å²) in [5, 5.41) is 11.6. The average molecular weight is 463 g/mol. The number of H-pyrrole nitrogens is 1. The molecule has 3 aromatic rings. The Hall–Kier alpha value is -2.70. The summed E-state index contributed by atoms with van der Waals surface area (Å²) in [6.07, 6.45) is 0. The first kappa shape index (κ1) is 20.6. The molecule has 2 aromatic heterocycles. The Kier molecular flexibility index (Phi) is 5.62. The zero-order valence-electron chi connectivity index (χ0n) is 16.3. The second-order valence-corrected chi connectivity index (χ2v) is 8.91. The van der Waals surface area contributed by atoms with Gasteiger partial charge >= 0.3 is 0 Å². The highest BCUT2D eigenvalue weighted by Gasteiger charge is 2.37. The number of aromatic nitrogens is 4. The summed E-state index contributed by atoms with van der Waals surface area (Å²) in [5.41, 5.74) is 1.62. The molecule has 9 nitrogen and oxygen atoms in total. The molecule has 4 rings (SSSR count). The van der Waals surface area contributed by atoms with Crippen molar-refractivity contribution in [3.8, 4) is 16.5 Å². The molecule has 12 heteroatoms. The van der Waals surface area contributed by atoms with Gasteiger partial charge in [-0.05, 0) is 36.8 Å². The van der Waals surface area contributed by atoms with Gasteiger partial charge in [0.2, 0.25) is 10.7 Å². The Bertz CT molecular complexity index is 1170. The van der Waals surface area contributed by atoms with Crippen molar-refractivity contribution >= 4 is 52.3 Å². The fourth-order valence-corrected chi connectivity index (χ4v) is 5.43. The summed E-state index contributed by atoms with van der Waals surface area (Å²) < 4.78 is 7.15. The second-order valence-electron chi connectivity index (χ2n) is 6.45. The van der Waals surface area contributed by atoms with E-state index in [9.17, 15) is 9.59 Å². The number of aryl methyl sites for hydroxylation is 1. The molecule has 3 heterocycles. The molecule has 1 aliphatic rings. The Balaban J connectivity index is 1.77. The monoisotopic (exact) mass is 462 g/mol. The largest absolute Gasteiger partial charge is 0.497 e. The highest BCUT2D eigenvalue weighted by Crippen LogP contribution is 2.40. The van der Waals surface area contributed by atoms with Crippen LogP contribution in [-0.2, 0) is 9.59 Å². The lowest BCUT2D eigenvalue weighted by atomic mass is 10.2. The molecule has 1 atom stereocenters. The number of aromatic amines is 1. The number of thioether (sulfide) groups is 1. The standard InChI is InChI=1S/C18H18N6O3S3/c1-9-14(30-17(19-9)20-10(2)25)15-21-22-18(28)24(15)23-13(26)8-29-16(23)11-4-6-12(27-3)7-5-11/h4-7,16H,8H2,1-3H3,(H,22,28)(H,19,20,25). The molecule has 1 aliphatic heterocycles. The average Bonchev–Trinajstić information content (AvgIpc) is 3.38. The summed E-state index contributed by atoms with van der Waals surface area (Å²) in [6, 6.07) is 7.58. The van der Waals surface area contributed by atoms with Crippen molar-refractivity contribution < 1.29 is 14.3 Å². The van der Waals surface area contributed by atoms with Gasteiger partial charge in [0.1, 0.15) is 11.1 Å². The number of ether oxygens (including phenoxy) is 1. The van der Waals surface area contributed by atoms with Crippen LogP contribution in [0.25, 0.3) is 10.7 Å². The predicted octanol–water partition coefficient (Wildman–Crippen LogP) is 3.25. The third-order valence-electron chi connectivity index (χ3n) is 4.39. The first-order valence-corrected chi connectivity index (χ1v) is 11.2. The quantitative estimate of drug-likeness (QED) is 0.561. The van der Waals surface area contributed by atoms with Crippen molar-refractivity contribution in [1.82, 2.24) is 19.9 Å². The number of hydrogen-bond acceptors (Lipinski definition) is 8. The number of nitrogens with one attached hydrogen (secondary N) is 2. The second kappa shape index (κ2) is 8.20. The molecule has 0 bridgehead atoms. The molecule has 156 valence electrons. The van der Waals surface area contributed by atoms with Crippen LogP contribution in [0.4, 0.5) is 5.13 Å². The van der Waals surface area contributed by atoms with Gasteiger partial charge in [-0.25, -0.2) is 19.8 Å². The minimum Gasteiger partial charge on any atom is -0.497 e. The van der Waals surface area contributed by atoms with Gasteiger partial charge < -0.3 is 10.1 Å². The Morgan fingerprint density at radius 2 is 2.10 bits per heavy atom. The fraction of sp³-hybridized carbons (Fsp3) is 0.278. The van der Waals surface area contributed by atoms with E-state index in [4.69, 9.17) is 17.0 Å². The molecule has 1 aromatic carbocycles. The first-order valence-electron chi connectivity index (χ1n) is 8.89. The number of carbonyl (C=O) groups excluding carboxylic acids is 2. The van der Waals surface area contributed by atoms with E-state index in [2.05, 4.69) is 20.5 Å². The van der Waals surface area contributed by atoms with Crippen molar-refractivity contribution in [3.63, 3.8) is 0 Å². The molecule has 1 fully saturated rings. The van der Waals surface area contributed by atoms with Gasteiger partial charge in [0.25, 0.3) is 5.91 Å². The number of nitrogens with zero attached hydrogens (tertiary/aromatic N) is 4. The predicted molar refractivity (Wildman–Crippen MR) is 119 cm³/mol. The molecule has 0 aliphatic carbocycles. The Morgan fingerprint density at radius 1 is 1.37 bits per heavy atom. The van der Waals surface area contributed by atoms with Gasteiger partial charge in [0, 0.05) is 6.92 Å². The number of methoxy groups -OCH3 is 1. The molecular formula is C18H18N6O3S3. The maximum atomic E-state index is 12.9. The molecular weight excluding hydrogens is 444 g/mol. The summed E-state index contributed by atoms with van der Waals surface area (Å²) in [4.78, 5) is 29.3. The van der Waals surface area contributed by atoms with Gasteiger partial charge in [-0.3, -0.25) is 9.59 Å². The van der Waals surface area contributed by atoms with Crippen molar-refractivity contribution in [3.05, 3.63) is 40.3 Å².